The minimum atomic E-state index is -3.53. The summed E-state index contributed by atoms with van der Waals surface area (Å²) in [6, 6.07) is 14.0. The van der Waals surface area contributed by atoms with E-state index in [1.165, 1.54) is 29.1 Å². The fourth-order valence-corrected chi connectivity index (χ4v) is 7.59. The zero-order valence-electron chi connectivity index (χ0n) is 24.1. The molecule has 0 amide bonds. The van der Waals surface area contributed by atoms with Gasteiger partial charge in [0.15, 0.2) is 27.2 Å². The van der Waals surface area contributed by atoms with E-state index < -0.39 is 27.2 Å². The normalized spacial score (nSPS) is 15.2. The molecule has 4 aromatic rings. The number of halogens is 2. The number of para-hydroxylation sites is 1. The van der Waals surface area contributed by atoms with Gasteiger partial charge in [0.25, 0.3) is 0 Å². The van der Waals surface area contributed by atoms with E-state index >= 15 is 4.39 Å². The van der Waals surface area contributed by atoms with Gasteiger partial charge in [-0.2, -0.15) is 5.10 Å². The van der Waals surface area contributed by atoms with E-state index in [4.69, 9.17) is 15.2 Å². The number of ketones is 1. The van der Waals surface area contributed by atoms with E-state index in [0.29, 0.717) is 54.2 Å². The first-order valence-electron chi connectivity index (χ1n) is 14.3. The Balaban J connectivity index is 1.17. The van der Waals surface area contributed by atoms with E-state index in [9.17, 15) is 17.6 Å². The van der Waals surface area contributed by atoms with Crippen LogP contribution < -0.4 is 10.5 Å². The van der Waals surface area contributed by atoms with Crippen molar-refractivity contribution in [1.82, 2.24) is 9.78 Å². The number of nitrogen functional groups attached to an aromatic ring is 1. The van der Waals surface area contributed by atoms with Crippen LogP contribution in [0.3, 0.4) is 0 Å². The maximum atomic E-state index is 15.0. The first kappa shape index (κ1) is 29.7. The number of carbonyl (C=O) groups is 1. The molecule has 1 aliphatic carbocycles. The molecule has 8 nitrogen and oxygen atoms in total. The van der Waals surface area contributed by atoms with Crippen molar-refractivity contribution in [1.29, 1.82) is 0 Å². The number of sulfone groups is 1. The third kappa shape index (κ3) is 6.15. The van der Waals surface area contributed by atoms with Crippen molar-refractivity contribution in [3.05, 3.63) is 106 Å². The lowest BCUT2D eigenvalue weighted by Gasteiger charge is -2.21. The maximum absolute atomic E-state index is 15.0. The summed E-state index contributed by atoms with van der Waals surface area (Å²) in [5, 5.41) is 4.34. The molecule has 0 spiro atoms. The molecule has 44 heavy (non-hydrogen) atoms. The molecule has 0 radical (unpaired) electrons. The highest BCUT2D eigenvalue weighted by Gasteiger charge is 2.27. The van der Waals surface area contributed by atoms with Crippen LogP contribution in [-0.4, -0.2) is 42.9 Å². The highest BCUT2D eigenvalue weighted by Crippen LogP contribution is 2.33. The quantitative estimate of drug-likeness (QED) is 0.229. The number of rotatable bonds is 9. The van der Waals surface area contributed by atoms with Crippen molar-refractivity contribution in [2.45, 2.75) is 31.9 Å². The van der Waals surface area contributed by atoms with Crippen LogP contribution in [0.4, 0.5) is 14.6 Å². The van der Waals surface area contributed by atoms with E-state index in [2.05, 4.69) is 5.10 Å². The van der Waals surface area contributed by atoms with Crippen molar-refractivity contribution >= 4 is 27.5 Å². The lowest BCUT2D eigenvalue weighted by molar-refractivity contribution is 0.0723. The van der Waals surface area contributed by atoms with Crippen molar-refractivity contribution in [3.63, 3.8) is 0 Å². The summed E-state index contributed by atoms with van der Waals surface area (Å²) in [6.07, 6.45) is 4.57. The number of hydrogen-bond acceptors (Lipinski definition) is 7. The molecule has 2 heterocycles. The predicted octanol–water partition coefficient (Wildman–Crippen LogP) is 6.00. The van der Waals surface area contributed by atoms with Gasteiger partial charge in [0.2, 0.25) is 0 Å². The first-order chi connectivity index (χ1) is 21.1. The Bertz CT molecular complexity index is 1900. The van der Waals surface area contributed by atoms with Gasteiger partial charge in [-0.1, -0.05) is 18.2 Å². The largest absolute Gasteiger partial charge is 0.454 e. The molecule has 1 aliphatic heterocycles. The summed E-state index contributed by atoms with van der Waals surface area (Å²) in [4.78, 5) is 13.5. The minimum absolute atomic E-state index is 0.00105. The molecule has 2 aliphatic rings. The highest BCUT2D eigenvalue weighted by atomic mass is 32.2. The van der Waals surface area contributed by atoms with E-state index in [-0.39, 0.29) is 46.6 Å². The van der Waals surface area contributed by atoms with Gasteiger partial charge in [0, 0.05) is 30.8 Å². The third-order valence-corrected chi connectivity index (χ3v) is 9.76. The molecule has 11 heteroatoms. The number of benzene rings is 3. The molecule has 228 valence electrons. The number of aryl methyl sites for hydroxylation is 1. The summed E-state index contributed by atoms with van der Waals surface area (Å²) in [7, 11) is -3.53. The zero-order chi connectivity index (χ0) is 31.0. The highest BCUT2D eigenvalue weighted by molar-refractivity contribution is 7.90. The number of carbonyl (C=O) groups excluding carboxylic acids is 1. The summed E-state index contributed by atoms with van der Waals surface area (Å²) < 4.78 is 67.1. The number of fused-ring (bicyclic) bond motifs is 1. The fraction of sp³-hybridized carbons (Fsp3) is 0.273. The summed E-state index contributed by atoms with van der Waals surface area (Å²) in [5.74, 6) is -1.18. The summed E-state index contributed by atoms with van der Waals surface area (Å²) >= 11 is 0. The first-order valence-corrected chi connectivity index (χ1v) is 16.1. The van der Waals surface area contributed by atoms with Crippen LogP contribution in [-0.2, 0) is 26.7 Å². The summed E-state index contributed by atoms with van der Waals surface area (Å²) in [6.45, 7) is 2.90. The molecular formula is C33H31F2N3O5S. The number of anilines is 1. The van der Waals surface area contributed by atoms with Crippen molar-refractivity contribution in [3.8, 4) is 17.2 Å². The fourth-order valence-electron chi connectivity index (χ4n) is 5.72. The number of hydrogen-bond donors (Lipinski definition) is 1. The van der Waals surface area contributed by atoms with Gasteiger partial charge in [0.05, 0.1) is 29.0 Å². The summed E-state index contributed by atoms with van der Waals surface area (Å²) in [5.41, 5.74) is 9.63. The van der Waals surface area contributed by atoms with Crippen LogP contribution in [0, 0.1) is 24.5 Å². The lowest BCUT2D eigenvalue weighted by Crippen LogP contribution is -2.24. The SMILES string of the molecule is Cc1cc(Oc2ccccc2F)ccc1-n1ncc(C(=O)C2=Cc3cc(F)c(CS(=O)(=O)CC4CCOCC4)cc3C2)c1N. The average molecular weight is 620 g/mol. The number of nitrogens with two attached hydrogens (primary N) is 1. The van der Waals surface area contributed by atoms with Gasteiger partial charge >= 0.3 is 0 Å². The van der Waals surface area contributed by atoms with Gasteiger partial charge in [-0.05, 0) is 84.8 Å². The van der Waals surface area contributed by atoms with Crippen molar-refractivity contribution in [2.75, 3.05) is 24.7 Å². The molecule has 0 saturated carbocycles. The van der Waals surface area contributed by atoms with Crippen LogP contribution in [0.1, 0.15) is 45.5 Å². The van der Waals surface area contributed by atoms with Gasteiger partial charge in [-0.25, -0.2) is 21.9 Å². The zero-order valence-corrected chi connectivity index (χ0v) is 24.9. The number of aromatic nitrogens is 2. The Kier molecular flexibility index (Phi) is 8.08. The maximum Gasteiger partial charge on any atom is 0.194 e. The topological polar surface area (TPSA) is 114 Å². The Morgan fingerprint density at radius 3 is 2.61 bits per heavy atom. The van der Waals surface area contributed by atoms with Crippen LogP contribution in [0.25, 0.3) is 11.8 Å². The molecule has 1 aromatic heterocycles. The van der Waals surface area contributed by atoms with Crippen LogP contribution >= 0.6 is 0 Å². The molecular weight excluding hydrogens is 588 g/mol. The van der Waals surface area contributed by atoms with E-state index in [1.54, 1.807) is 42.5 Å². The molecule has 0 unspecified atom stereocenters. The Labute approximate surface area is 254 Å². The minimum Gasteiger partial charge on any atom is -0.454 e. The second kappa shape index (κ2) is 12.0. The third-order valence-electron chi connectivity index (χ3n) is 8.03. The Morgan fingerprint density at radius 2 is 1.86 bits per heavy atom. The molecule has 6 rings (SSSR count). The van der Waals surface area contributed by atoms with Crippen molar-refractivity contribution < 1.29 is 31.5 Å². The van der Waals surface area contributed by atoms with Gasteiger partial charge < -0.3 is 15.2 Å². The molecule has 0 atom stereocenters. The molecule has 0 bridgehead atoms. The van der Waals surface area contributed by atoms with E-state index in [0.717, 1.165) is 5.56 Å². The predicted molar refractivity (Wildman–Crippen MR) is 163 cm³/mol. The average Bonchev–Trinajstić information content (AvgIpc) is 3.57. The molecule has 1 saturated heterocycles. The van der Waals surface area contributed by atoms with Crippen LogP contribution in [0.5, 0.6) is 11.5 Å². The second-order valence-corrected chi connectivity index (χ2v) is 13.4. The van der Waals surface area contributed by atoms with Gasteiger partial charge in [0.1, 0.15) is 17.4 Å². The van der Waals surface area contributed by atoms with E-state index in [1.807, 2.05) is 6.92 Å². The second-order valence-electron chi connectivity index (χ2n) is 11.3. The Hall–Kier alpha value is -4.35. The van der Waals surface area contributed by atoms with Crippen molar-refractivity contribution in [2.24, 2.45) is 5.92 Å². The Morgan fingerprint density at radius 1 is 1.09 bits per heavy atom. The smallest absolute Gasteiger partial charge is 0.194 e. The standard InChI is InChI=1S/C33H31F2N3O5S/c1-20-12-26(43-31-5-3-2-4-28(31)34)6-7-30(20)38-33(36)27(17-37-38)32(39)24-13-22-15-25(29(35)16-23(22)14-24)19-44(40,41)18-21-8-10-42-11-9-21/h2-7,12,14-17,21H,8-11,13,18-19,36H2,1H3. The lowest BCUT2D eigenvalue weighted by atomic mass is 10.0. The van der Waals surface area contributed by atoms with Gasteiger partial charge in [-0.3, -0.25) is 4.79 Å². The van der Waals surface area contributed by atoms with Crippen LogP contribution in [0.15, 0.2) is 66.4 Å². The monoisotopic (exact) mass is 619 g/mol. The molecule has 1 fully saturated rings. The molecule has 3 aromatic carbocycles. The van der Waals surface area contributed by atoms with Gasteiger partial charge in [-0.15, -0.1) is 0 Å². The number of nitrogens with zero attached hydrogens (tertiary/aromatic N) is 2. The number of Topliss-reactive ketones (excluding diaryl/α,β-unsaturated/α-hetero) is 1. The number of ether oxygens (including phenoxy) is 2. The number of allylic oxidation sites excluding steroid dienone is 1. The van der Waals surface area contributed by atoms with Crippen LogP contribution in [0.2, 0.25) is 0 Å². The molecule has 2 N–H and O–H groups in total.